The number of benzene rings is 3. The van der Waals surface area contributed by atoms with Gasteiger partial charge in [-0.15, -0.1) is 0 Å². The van der Waals surface area contributed by atoms with Gasteiger partial charge >= 0.3 is 0 Å². The molecule has 0 radical (unpaired) electrons. The van der Waals surface area contributed by atoms with Gasteiger partial charge < -0.3 is 14.2 Å². The molecule has 1 aliphatic rings. The van der Waals surface area contributed by atoms with Gasteiger partial charge in [0.15, 0.2) is 0 Å². The van der Waals surface area contributed by atoms with Crippen molar-refractivity contribution in [1.82, 2.24) is 4.90 Å². The van der Waals surface area contributed by atoms with E-state index in [4.69, 9.17) is 8.53 Å². The highest BCUT2D eigenvalue weighted by Crippen LogP contribution is 2.38. The van der Waals surface area contributed by atoms with E-state index < -0.39 is 6.98 Å². The minimum absolute atomic E-state index is 0.298. The molecule has 0 bridgehead atoms. The molecule has 0 aliphatic carbocycles. The molecule has 3 nitrogen and oxygen atoms in total. The van der Waals surface area contributed by atoms with Crippen molar-refractivity contribution in [2.45, 2.75) is 6.92 Å². The van der Waals surface area contributed by atoms with Crippen LogP contribution in [0.2, 0.25) is 0 Å². The molecule has 5 rings (SSSR count). The molecule has 0 saturated carbocycles. The van der Waals surface area contributed by atoms with Gasteiger partial charge in [-0.25, -0.2) is 0 Å². The van der Waals surface area contributed by atoms with E-state index in [1.165, 1.54) is 4.90 Å². The SMILES string of the molecule is [2H]C([2H])([2H])N1C=CN(c2ccc3c(oc4c5ccccc5ccc34)c2C)C1. The Labute approximate surface area is 144 Å². The Hall–Kier alpha value is -2.94. The average Bonchev–Trinajstić information content (AvgIpc) is 3.27. The molecule has 0 N–H and O–H groups in total. The first kappa shape index (κ1) is 10.8. The Kier molecular flexibility index (Phi) is 2.14. The van der Waals surface area contributed by atoms with Crippen molar-refractivity contribution < 1.29 is 8.53 Å². The first-order valence-electron chi connectivity index (χ1n) is 9.49. The average molecular weight is 317 g/mol. The number of hydrogen-bond donors (Lipinski definition) is 0. The van der Waals surface area contributed by atoms with E-state index in [9.17, 15) is 0 Å². The topological polar surface area (TPSA) is 19.6 Å². The molecule has 1 aromatic heterocycles. The van der Waals surface area contributed by atoms with Crippen LogP contribution in [0.3, 0.4) is 0 Å². The largest absolute Gasteiger partial charge is 0.455 e. The third kappa shape index (κ3) is 1.78. The molecule has 0 amide bonds. The van der Waals surface area contributed by atoms with Crippen LogP contribution in [0.4, 0.5) is 5.69 Å². The monoisotopic (exact) mass is 317 g/mol. The van der Waals surface area contributed by atoms with Crippen LogP contribution in [0.1, 0.15) is 9.68 Å². The second-order valence-corrected chi connectivity index (χ2v) is 6.23. The summed E-state index contributed by atoms with van der Waals surface area (Å²) in [7, 11) is 0. The molecule has 3 aromatic carbocycles. The molecule has 118 valence electrons. The summed E-state index contributed by atoms with van der Waals surface area (Å²) in [5, 5.41) is 4.42. The molecule has 0 atom stereocenters. The first-order chi connectivity index (χ1) is 12.9. The van der Waals surface area contributed by atoms with Gasteiger partial charge in [-0.2, -0.15) is 0 Å². The minimum atomic E-state index is -2.14. The number of aryl methyl sites for hydroxylation is 1. The van der Waals surface area contributed by atoms with Crippen LogP contribution in [0.15, 0.2) is 65.3 Å². The third-order valence-electron chi connectivity index (χ3n) is 4.79. The molecular weight excluding hydrogens is 296 g/mol. The molecule has 2 heterocycles. The third-order valence-corrected chi connectivity index (χ3v) is 4.79. The predicted molar refractivity (Wildman–Crippen MR) is 100 cm³/mol. The fraction of sp³-hybridized carbons (Fsp3) is 0.143. The Bertz CT molecular complexity index is 1220. The van der Waals surface area contributed by atoms with Gasteiger partial charge in [-0.3, -0.25) is 0 Å². The van der Waals surface area contributed by atoms with Crippen LogP contribution >= 0.6 is 0 Å². The number of rotatable bonds is 1. The lowest BCUT2D eigenvalue weighted by Gasteiger charge is -2.20. The maximum Gasteiger partial charge on any atom is 0.143 e. The molecule has 3 heteroatoms. The normalized spacial score (nSPS) is 17.0. The van der Waals surface area contributed by atoms with Crippen LogP contribution in [-0.2, 0) is 0 Å². The van der Waals surface area contributed by atoms with Crippen molar-refractivity contribution in [3.8, 4) is 0 Å². The first-order valence-corrected chi connectivity index (χ1v) is 7.99. The standard InChI is InChI=1S/C21H18N2O/c1-14-19(23-12-11-22(2)13-23)10-9-17-18-8-7-15-5-3-4-6-16(15)21(18)24-20(14)17/h3-12H,13H2,1-2H3/i2D3. The van der Waals surface area contributed by atoms with Crippen molar-refractivity contribution >= 4 is 38.4 Å². The Balaban J connectivity index is 1.67. The van der Waals surface area contributed by atoms with Gasteiger partial charge in [0, 0.05) is 50.9 Å². The van der Waals surface area contributed by atoms with Gasteiger partial charge in [0.1, 0.15) is 11.2 Å². The van der Waals surface area contributed by atoms with Crippen molar-refractivity contribution in [1.29, 1.82) is 0 Å². The van der Waals surface area contributed by atoms with Crippen molar-refractivity contribution in [3.63, 3.8) is 0 Å². The lowest BCUT2D eigenvalue weighted by Crippen LogP contribution is -2.22. The van der Waals surface area contributed by atoms with Crippen LogP contribution < -0.4 is 4.90 Å². The van der Waals surface area contributed by atoms with Gasteiger partial charge in [0.2, 0.25) is 0 Å². The summed E-state index contributed by atoms with van der Waals surface area (Å²) in [4.78, 5) is 3.29. The second-order valence-electron chi connectivity index (χ2n) is 6.23. The maximum atomic E-state index is 7.58. The van der Waals surface area contributed by atoms with Crippen LogP contribution in [-0.4, -0.2) is 18.5 Å². The molecule has 0 unspecified atom stereocenters. The summed E-state index contributed by atoms with van der Waals surface area (Å²) in [6, 6.07) is 16.5. The number of hydrogen-bond acceptors (Lipinski definition) is 3. The highest BCUT2D eigenvalue weighted by atomic mass is 16.3. The fourth-order valence-electron chi connectivity index (χ4n) is 3.58. The summed E-state index contributed by atoms with van der Waals surface area (Å²) in [6.45, 7) is 0.182. The van der Waals surface area contributed by atoms with Crippen molar-refractivity contribution in [3.05, 3.63) is 66.5 Å². The molecule has 0 saturated heterocycles. The van der Waals surface area contributed by atoms with Gasteiger partial charge in [0.05, 0.1) is 6.67 Å². The summed E-state index contributed by atoms with van der Waals surface area (Å²) < 4.78 is 29.1. The predicted octanol–water partition coefficient (Wildman–Crippen LogP) is 5.23. The number of furan rings is 1. The van der Waals surface area contributed by atoms with Crippen LogP contribution in [0.25, 0.3) is 32.7 Å². The summed E-state index contributed by atoms with van der Waals surface area (Å²) >= 11 is 0. The van der Waals surface area contributed by atoms with Crippen molar-refractivity contribution in [2.75, 3.05) is 18.5 Å². The highest BCUT2D eigenvalue weighted by Gasteiger charge is 2.18. The van der Waals surface area contributed by atoms with Crippen LogP contribution in [0.5, 0.6) is 0 Å². The fourth-order valence-corrected chi connectivity index (χ4v) is 3.58. The van der Waals surface area contributed by atoms with E-state index in [1.807, 2.05) is 30.0 Å². The zero-order chi connectivity index (χ0) is 18.8. The summed E-state index contributed by atoms with van der Waals surface area (Å²) in [5.74, 6) is 0. The molecule has 24 heavy (non-hydrogen) atoms. The molecular formula is C21H18N2O. The second kappa shape index (κ2) is 4.78. The molecule has 1 aliphatic heterocycles. The van der Waals surface area contributed by atoms with Gasteiger partial charge in [-0.05, 0) is 30.5 Å². The highest BCUT2D eigenvalue weighted by molar-refractivity contribution is 6.15. The van der Waals surface area contributed by atoms with Gasteiger partial charge in [-0.1, -0.05) is 30.3 Å². The number of anilines is 1. The Morgan fingerprint density at radius 2 is 1.75 bits per heavy atom. The van der Waals surface area contributed by atoms with Gasteiger partial charge in [0.25, 0.3) is 0 Å². The molecule has 4 aromatic rings. The Morgan fingerprint density at radius 3 is 2.62 bits per heavy atom. The lowest BCUT2D eigenvalue weighted by atomic mass is 10.0. The quantitative estimate of drug-likeness (QED) is 0.479. The van der Waals surface area contributed by atoms with Crippen molar-refractivity contribution in [2.24, 2.45) is 0 Å². The van der Waals surface area contributed by atoms with E-state index in [-0.39, 0.29) is 0 Å². The maximum absolute atomic E-state index is 7.58. The van der Waals surface area contributed by atoms with E-state index in [1.54, 1.807) is 12.4 Å². The minimum Gasteiger partial charge on any atom is -0.455 e. The summed E-state index contributed by atoms with van der Waals surface area (Å²) in [6.07, 6.45) is 3.42. The van der Waals surface area contributed by atoms with E-state index >= 15 is 0 Å². The smallest absolute Gasteiger partial charge is 0.143 e. The van der Waals surface area contributed by atoms with E-state index in [2.05, 4.69) is 30.3 Å². The summed E-state index contributed by atoms with van der Waals surface area (Å²) in [5.41, 5.74) is 3.70. The number of fused-ring (bicyclic) bond motifs is 5. The lowest BCUT2D eigenvalue weighted by molar-refractivity contribution is 0.495. The molecule has 0 spiro atoms. The Morgan fingerprint density at radius 1 is 0.917 bits per heavy atom. The number of nitrogens with zero attached hydrogens (tertiary/aromatic N) is 2. The zero-order valence-electron chi connectivity index (χ0n) is 16.3. The van der Waals surface area contributed by atoms with Crippen LogP contribution in [0, 0.1) is 6.92 Å². The van der Waals surface area contributed by atoms with E-state index in [0.717, 1.165) is 44.0 Å². The molecule has 0 fully saturated rings. The van der Waals surface area contributed by atoms with E-state index in [0.29, 0.717) is 6.67 Å². The zero-order valence-corrected chi connectivity index (χ0v) is 13.3.